The topological polar surface area (TPSA) is 34.9 Å². The van der Waals surface area contributed by atoms with E-state index in [1.807, 2.05) is 60.8 Å². The molecule has 0 aliphatic carbocycles. The van der Waals surface area contributed by atoms with Gasteiger partial charge in [-0.3, -0.25) is 14.3 Å². The molecule has 0 saturated carbocycles. The second-order valence-electron chi connectivity index (χ2n) is 6.85. The summed E-state index contributed by atoms with van der Waals surface area (Å²) < 4.78 is 1.76. The number of para-hydroxylation sites is 1. The lowest BCUT2D eigenvalue weighted by Gasteiger charge is -2.12. The lowest BCUT2D eigenvalue weighted by Crippen LogP contribution is -2.05. The van der Waals surface area contributed by atoms with Crippen LogP contribution in [-0.4, -0.2) is 15.5 Å². The predicted octanol–water partition coefficient (Wildman–Crippen LogP) is 6.18. The molecule has 0 aliphatic heterocycles. The molecule has 3 aromatic carbocycles. The standard InChI is InChI=1S/C25H18N2O/c1-17(28)27-21-15-9-8-14-20(21)24-22(27)16-26-25(19-12-6-3-7-13-19)23(24)18-10-4-2-5-11-18/h2-16H,1H3. The third-order valence-electron chi connectivity index (χ3n) is 5.14. The number of aromatic nitrogens is 2. The second kappa shape index (κ2) is 6.46. The summed E-state index contributed by atoms with van der Waals surface area (Å²) in [5.41, 5.74) is 5.88. The van der Waals surface area contributed by atoms with Crippen LogP contribution < -0.4 is 0 Å². The van der Waals surface area contributed by atoms with E-state index in [-0.39, 0.29) is 5.91 Å². The quantitative estimate of drug-likeness (QED) is 0.376. The van der Waals surface area contributed by atoms with Crippen molar-refractivity contribution in [3.05, 3.63) is 91.1 Å². The number of hydrogen-bond acceptors (Lipinski definition) is 2. The maximum absolute atomic E-state index is 12.5. The smallest absolute Gasteiger partial charge is 0.228 e. The van der Waals surface area contributed by atoms with E-state index in [0.29, 0.717) is 0 Å². The molecule has 3 heteroatoms. The van der Waals surface area contributed by atoms with Gasteiger partial charge in [0.15, 0.2) is 0 Å². The second-order valence-corrected chi connectivity index (χ2v) is 6.85. The molecule has 134 valence electrons. The van der Waals surface area contributed by atoms with Crippen molar-refractivity contribution >= 4 is 27.7 Å². The summed E-state index contributed by atoms with van der Waals surface area (Å²) in [5.74, 6) is -0.0144. The highest BCUT2D eigenvalue weighted by atomic mass is 16.1. The molecule has 0 unspecified atom stereocenters. The summed E-state index contributed by atoms with van der Waals surface area (Å²) in [5, 5.41) is 2.12. The van der Waals surface area contributed by atoms with Gasteiger partial charge < -0.3 is 0 Å². The fraction of sp³-hybridized carbons (Fsp3) is 0.0400. The van der Waals surface area contributed by atoms with Crippen LogP contribution in [0.15, 0.2) is 91.1 Å². The minimum atomic E-state index is -0.0144. The first kappa shape index (κ1) is 16.5. The number of carbonyl (C=O) groups excluding carboxylic acids is 1. The lowest BCUT2D eigenvalue weighted by molar-refractivity contribution is 0.0946. The molecule has 0 radical (unpaired) electrons. The van der Waals surface area contributed by atoms with Gasteiger partial charge in [-0.1, -0.05) is 78.9 Å². The number of benzene rings is 3. The van der Waals surface area contributed by atoms with Crippen LogP contribution in [0.25, 0.3) is 44.2 Å². The number of rotatable bonds is 2. The van der Waals surface area contributed by atoms with E-state index >= 15 is 0 Å². The first-order valence-electron chi connectivity index (χ1n) is 9.29. The van der Waals surface area contributed by atoms with Gasteiger partial charge in [-0.05, 0) is 11.6 Å². The SMILES string of the molecule is CC(=O)n1c2ccccc2c2c(-c3ccccc3)c(-c3ccccc3)ncc21. The van der Waals surface area contributed by atoms with E-state index in [0.717, 1.165) is 44.2 Å². The largest absolute Gasteiger partial charge is 0.278 e. The number of pyridine rings is 1. The van der Waals surface area contributed by atoms with E-state index in [2.05, 4.69) is 30.3 Å². The van der Waals surface area contributed by atoms with Crippen LogP contribution in [0, 0.1) is 0 Å². The maximum Gasteiger partial charge on any atom is 0.228 e. The first-order chi connectivity index (χ1) is 13.8. The summed E-state index contributed by atoms with van der Waals surface area (Å²) in [6.07, 6.45) is 1.82. The normalized spacial score (nSPS) is 11.2. The monoisotopic (exact) mass is 362 g/mol. The Balaban J connectivity index is 2.02. The zero-order valence-corrected chi connectivity index (χ0v) is 15.5. The molecule has 28 heavy (non-hydrogen) atoms. The summed E-state index contributed by atoms with van der Waals surface area (Å²) in [7, 11) is 0. The zero-order chi connectivity index (χ0) is 19.1. The fourth-order valence-corrected chi connectivity index (χ4v) is 3.99. The Labute approximate surface area is 162 Å². The summed E-state index contributed by atoms with van der Waals surface area (Å²) in [6, 6.07) is 28.5. The molecule has 0 saturated heterocycles. The summed E-state index contributed by atoms with van der Waals surface area (Å²) in [6.45, 7) is 1.60. The van der Waals surface area contributed by atoms with Gasteiger partial charge in [0.25, 0.3) is 0 Å². The Morgan fingerprint density at radius 1 is 0.750 bits per heavy atom. The van der Waals surface area contributed by atoms with Crippen molar-refractivity contribution in [2.45, 2.75) is 6.92 Å². The Morgan fingerprint density at radius 3 is 2.04 bits per heavy atom. The Bertz CT molecular complexity index is 1320. The van der Waals surface area contributed by atoms with E-state index in [9.17, 15) is 4.79 Å². The Morgan fingerprint density at radius 2 is 1.36 bits per heavy atom. The molecule has 0 aliphatic rings. The van der Waals surface area contributed by atoms with Gasteiger partial charge in [0.1, 0.15) is 0 Å². The molecule has 0 spiro atoms. The molecule has 5 aromatic rings. The molecule has 2 heterocycles. The number of hydrogen-bond donors (Lipinski definition) is 0. The zero-order valence-electron chi connectivity index (χ0n) is 15.5. The van der Waals surface area contributed by atoms with Gasteiger partial charge in [-0.15, -0.1) is 0 Å². The average Bonchev–Trinajstić information content (AvgIpc) is 3.09. The van der Waals surface area contributed by atoms with Gasteiger partial charge in [0.05, 0.1) is 22.9 Å². The minimum absolute atomic E-state index is 0.0144. The Hall–Kier alpha value is -3.72. The van der Waals surface area contributed by atoms with E-state index in [1.54, 1.807) is 11.5 Å². The van der Waals surface area contributed by atoms with Crippen molar-refractivity contribution < 1.29 is 4.79 Å². The molecule has 0 amide bonds. The number of carbonyl (C=O) groups is 1. The molecule has 0 N–H and O–H groups in total. The molecule has 5 rings (SSSR count). The lowest BCUT2D eigenvalue weighted by atomic mass is 9.95. The summed E-state index contributed by atoms with van der Waals surface area (Å²) >= 11 is 0. The van der Waals surface area contributed by atoms with Crippen LogP contribution in [0.2, 0.25) is 0 Å². The van der Waals surface area contributed by atoms with Crippen LogP contribution in [-0.2, 0) is 0 Å². The molecule has 0 atom stereocenters. The van der Waals surface area contributed by atoms with Crippen LogP contribution >= 0.6 is 0 Å². The maximum atomic E-state index is 12.5. The van der Waals surface area contributed by atoms with E-state index in [4.69, 9.17) is 4.98 Å². The molecule has 0 bridgehead atoms. The van der Waals surface area contributed by atoms with Crippen LogP contribution in [0.4, 0.5) is 0 Å². The highest BCUT2D eigenvalue weighted by Gasteiger charge is 2.20. The summed E-state index contributed by atoms with van der Waals surface area (Å²) in [4.78, 5) is 17.3. The first-order valence-corrected chi connectivity index (χ1v) is 9.29. The minimum Gasteiger partial charge on any atom is -0.278 e. The average molecular weight is 362 g/mol. The van der Waals surface area contributed by atoms with Crippen molar-refractivity contribution in [1.29, 1.82) is 0 Å². The van der Waals surface area contributed by atoms with Crippen molar-refractivity contribution in [1.82, 2.24) is 9.55 Å². The molecular weight excluding hydrogens is 344 g/mol. The van der Waals surface area contributed by atoms with Gasteiger partial charge in [-0.2, -0.15) is 0 Å². The van der Waals surface area contributed by atoms with Gasteiger partial charge in [-0.25, -0.2) is 0 Å². The highest BCUT2D eigenvalue weighted by molar-refractivity contribution is 6.20. The molecular formula is C25H18N2O. The molecule has 2 aromatic heterocycles. The predicted molar refractivity (Wildman–Crippen MR) is 114 cm³/mol. The number of nitrogens with zero attached hydrogens (tertiary/aromatic N) is 2. The van der Waals surface area contributed by atoms with Crippen molar-refractivity contribution in [2.75, 3.05) is 0 Å². The fourth-order valence-electron chi connectivity index (χ4n) is 3.99. The van der Waals surface area contributed by atoms with Gasteiger partial charge >= 0.3 is 0 Å². The highest BCUT2D eigenvalue weighted by Crippen LogP contribution is 2.41. The van der Waals surface area contributed by atoms with Gasteiger partial charge in [0, 0.05) is 28.8 Å². The third kappa shape index (κ3) is 2.44. The van der Waals surface area contributed by atoms with Crippen molar-refractivity contribution in [2.24, 2.45) is 0 Å². The molecule has 0 fully saturated rings. The van der Waals surface area contributed by atoms with Crippen molar-refractivity contribution in [3.8, 4) is 22.4 Å². The Kier molecular flexibility index (Phi) is 3.80. The van der Waals surface area contributed by atoms with Crippen LogP contribution in [0.1, 0.15) is 11.7 Å². The third-order valence-corrected chi connectivity index (χ3v) is 5.14. The van der Waals surface area contributed by atoms with E-state index < -0.39 is 0 Å². The van der Waals surface area contributed by atoms with Gasteiger partial charge in [0.2, 0.25) is 5.91 Å². The van der Waals surface area contributed by atoms with E-state index in [1.165, 1.54) is 0 Å². The van der Waals surface area contributed by atoms with Crippen molar-refractivity contribution in [3.63, 3.8) is 0 Å². The van der Waals surface area contributed by atoms with Crippen LogP contribution in [0.3, 0.4) is 0 Å². The van der Waals surface area contributed by atoms with Crippen LogP contribution in [0.5, 0.6) is 0 Å². The number of fused-ring (bicyclic) bond motifs is 3. The molecule has 3 nitrogen and oxygen atoms in total.